The van der Waals surface area contributed by atoms with Crippen LogP contribution in [0.3, 0.4) is 0 Å². The molecule has 0 atom stereocenters. The van der Waals surface area contributed by atoms with Crippen LogP contribution in [0, 0.1) is 0 Å². The molecule has 0 aliphatic rings. The van der Waals surface area contributed by atoms with Gasteiger partial charge in [-0.05, 0) is 6.07 Å². The molecule has 1 amide bonds. The number of nitrogens with zero attached hydrogens (tertiary/aromatic N) is 1. The highest BCUT2D eigenvalue weighted by Gasteiger charge is 2.12. The summed E-state index contributed by atoms with van der Waals surface area (Å²) < 4.78 is 0. The Kier molecular flexibility index (Phi) is 2.40. The molecule has 0 saturated heterocycles. The molecule has 1 heterocycles. The fourth-order valence-electron chi connectivity index (χ4n) is 0.745. The molecule has 0 aliphatic heterocycles. The number of rotatable bonds is 1. The van der Waals surface area contributed by atoms with Gasteiger partial charge in [0.25, 0.3) is 5.91 Å². The van der Waals surface area contributed by atoms with E-state index in [2.05, 4.69) is 4.98 Å². The minimum absolute atomic E-state index is 0.000988. The second kappa shape index (κ2) is 3.16. The molecule has 0 saturated carbocycles. The number of carbonyl (C=O) groups is 1. The number of pyridine rings is 1. The molecule has 0 fully saturated rings. The summed E-state index contributed by atoms with van der Waals surface area (Å²) in [5.74, 6) is -0.721. The molecule has 0 aliphatic carbocycles. The van der Waals surface area contributed by atoms with E-state index >= 15 is 0 Å². The van der Waals surface area contributed by atoms with Crippen LogP contribution in [0.5, 0.6) is 0 Å². The number of amides is 1. The fourth-order valence-corrected chi connectivity index (χ4v) is 1.28. The van der Waals surface area contributed by atoms with Crippen molar-refractivity contribution in [2.45, 2.75) is 0 Å². The van der Waals surface area contributed by atoms with Gasteiger partial charge in [0, 0.05) is 0 Å². The molecular weight excluding hydrogens is 201 g/mol. The van der Waals surface area contributed by atoms with Crippen LogP contribution in [0.2, 0.25) is 10.3 Å². The Labute approximate surface area is 78.5 Å². The summed E-state index contributed by atoms with van der Waals surface area (Å²) in [6, 6.07) is 1.31. The van der Waals surface area contributed by atoms with Crippen molar-refractivity contribution in [1.82, 2.24) is 4.98 Å². The molecule has 1 aromatic rings. The summed E-state index contributed by atoms with van der Waals surface area (Å²) in [6.07, 6.45) is 0. The number of hydrogen-bond donors (Lipinski definition) is 2. The predicted octanol–water partition coefficient (Wildman–Crippen LogP) is 1.07. The highest BCUT2D eigenvalue weighted by atomic mass is 35.5. The number of nitrogens with two attached hydrogens (primary N) is 2. The summed E-state index contributed by atoms with van der Waals surface area (Å²) in [6.45, 7) is 0. The van der Waals surface area contributed by atoms with Crippen molar-refractivity contribution >= 4 is 34.8 Å². The Bertz CT molecular complexity index is 317. The SMILES string of the molecule is NC(=O)c1c(N)cc(Cl)nc1Cl. The van der Waals surface area contributed by atoms with Gasteiger partial charge in [-0.3, -0.25) is 4.79 Å². The normalized spacial score (nSPS) is 9.83. The third-order valence-corrected chi connectivity index (χ3v) is 1.69. The van der Waals surface area contributed by atoms with Crippen LogP contribution >= 0.6 is 23.2 Å². The minimum atomic E-state index is -0.721. The van der Waals surface area contributed by atoms with Crippen molar-refractivity contribution in [3.8, 4) is 0 Å². The Hall–Kier alpha value is -1.00. The van der Waals surface area contributed by atoms with E-state index < -0.39 is 5.91 Å². The van der Waals surface area contributed by atoms with Gasteiger partial charge in [-0.2, -0.15) is 0 Å². The summed E-state index contributed by atoms with van der Waals surface area (Å²) >= 11 is 11.1. The van der Waals surface area contributed by atoms with E-state index in [1.165, 1.54) is 6.07 Å². The smallest absolute Gasteiger partial charge is 0.253 e. The van der Waals surface area contributed by atoms with Gasteiger partial charge in [0.2, 0.25) is 0 Å². The average Bonchev–Trinajstić information content (AvgIpc) is 1.82. The number of aromatic nitrogens is 1. The van der Waals surface area contributed by atoms with E-state index in [0.29, 0.717) is 0 Å². The lowest BCUT2D eigenvalue weighted by Gasteiger charge is -2.02. The Morgan fingerprint density at radius 1 is 1.50 bits per heavy atom. The van der Waals surface area contributed by atoms with Gasteiger partial charge < -0.3 is 11.5 Å². The molecule has 0 spiro atoms. The first-order chi connectivity index (χ1) is 5.52. The number of carbonyl (C=O) groups excluding carboxylic acids is 1. The standard InChI is InChI=1S/C6H5Cl2N3O/c7-3-1-2(9)4(6(10)12)5(8)11-3/h1H,(H2,9,11)(H2,10,12). The monoisotopic (exact) mass is 205 g/mol. The highest BCUT2D eigenvalue weighted by molar-refractivity contribution is 6.35. The van der Waals surface area contributed by atoms with Crippen molar-refractivity contribution in [3.63, 3.8) is 0 Å². The van der Waals surface area contributed by atoms with E-state index in [-0.39, 0.29) is 21.6 Å². The summed E-state index contributed by atoms with van der Waals surface area (Å²) in [5, 5.41) is 0.0509. The number of hydrogen-bond acceptors (Lipinski definition) is 3. The summed E-state index contributed by atoms with van der Waals surface area (Å²) in [7, 11) is 0. The Morgan fingerprint density at radius 3 is 2.50 bits per heavy atom. The first-order valence-electron chi connectivity index (χ1n) is 2.93. The zero-order valence-corrected chi connectivity index (χ0v) is 7.36. The molecule has 0 bridgehead atoms. The van der Waals surface area contributed by atoms with E-state index in [1.807, 2.05) is 0 Å². The zero-order chi connectivity index (χ0) is 9.30. The lowest BCUT2D eigenvalue weighted by atomic mass is 10.2. The Balaban J connectivity index is 3.38. The minimum Gasteiger partial charge on any atom is -0.398 e. The molecule has 0 radical (unpaired) electrons. The molecule has 6 heteroatoms. The second-order valence-electron chi connectivity index (χ2n) is 2.06. The highest BCUT2D eigenvalue weighted by Crippen LogP contribution is 2.22. The van der Waals surface area contributed by atoms with Gasteiger partial charge >= 0.3 is 0 Å². The molecule has 12 heavy (non-hydrogen) atoms. The van der Waals surface area contributed by atoms with Gasteiger partial charge in [-0.25, -0.2) is 4.98 Å². The number of halogens is 2. The number of primary amides is 1. The second-order valence-corrected chi connectivity index (χ2v) is 2.81. The van der Waals surface area contributed by atoms with Gasteiger partial charge in [-0.15, -0.1) is 0 Å². The van der Waals surface area contributed by atoms with Crippen LogP contribution in [0.4, 0.5) is 5.69 Å². The van der Waals surface area contributed by atoms with Crippen LogP contribution in [-0.4, -0.2) is 10.9 Å². The predicted molar refractivity (Wildman–Crippen MR) is 47.2 cm³/mol. The van der Waals surface area contributed by atoms with E-state index in [9.17, 15) is 4.79 Å². The van der Waals surface area contributed by atoms with Crippen LogP contribution in [0.15, 0.2) is 6.07 Å². The maximum atomic E-state index is 10.7. The molecule has 0 aromatic carbocycles. The van der Waals surface area contributed by atoms with Crippen molar-refractivity contribution in [1.29, 1.82) is 0 Å². The van der Waals surface area contributed by atoms with Crippen LogP contribution < -0.4 is 11.5 Å². The van der Waals surface area contributed by atoms with Gasteiger partial charge in [0.05, 0.1) is 11.3 Å². The molecule has 0 unspecified atom stereocenters. The topological polar surface area (TPSA) is 82.0 Å². The first-order valence-corrected chi connectivity index (χ1v) is 3.69. The maximum Gasteiger partial charge on any atom is 0.253 e. The van der Waals surface area contributed by atoms with E-state index in [4.69, 9.17) is 34.7 Å². The first kappa shape index (κ1) is 9.09. The molecule has 4 nitrogen and oxygen atoms in total. The van der Waals surface area contributed by atoms with Crippen molar-refractivity contribution in [2.24, 2.45) is 5.73 Å². The fraction of sp³-hybridized carbons (Fsp3) is 0. The number of nitrogen functional groups attached to an aromatic ring is 1. The van der Waals surface area contributed by atoms with E-state index in [0.717, 1.165) is 0 Å². The van der Waals surface area contributed by atoms with Crippen LogP contribution in [0.1, 0.15) is 10.4 Å². The average molecular weight is 206 g/mol. The molecule has 64 valence electrons. The van der Waals surface area contributed by atoms with Crippen molar-refractivity contribution in [3.05, 3.63) is 21.9 Å². The molecule has 4 N–H and O–H groups in total. The quantitative estimate of drug-likeness (QED) is 0.674. The maximum absolute atomic E-state index is 10.7. The van der Waals surface area contributed by atoms with Gasteiger partial charge in [0.1, 0.15) is 10.3 Å². The largest absolute Gasteiger partial charge is 0.398 e. The van der Waals surface area contributed by atoms with E-state index in [1.54, 1.807) is 0 Å². The molecular formula is C6H5Cl2N3O. The third-order valence-electron chi connectivity index (χ3n) is 1.22. The zero-order valence-electron chi connectivity index (χ0n) is 5.84. The van der Waals surface area contributed by atoms with Crippen LogP contribution in [0.25, 0.3) is 0 Å². The van der Waals surface area contributed by atoms with Gasteiger partial charge in [0.15, 0.2) is 0 Å². The molecule has 1 aromatic heterocycles. The third kappa shape index (κ3) is 1.60. The Morgan fingerprint density at radius 2 is 2.08 bits per heavy atom. The van der Waals surface area contributed by atoms with Crippen LogP contribution in [-0.2, 0) is 0 Å². The summed E-state index contributed by atoms with van der Waals surface area (Å²) in [4.78, 5) is 14.3. The van der Waals surface area contributed by atoms with Gasteiger partial charge in [-0.1, -0.05) is 23.2 Å². The molecule has 1 rings (SSSR count). The van der Waals surface area contributed by atoms with Crippen molar-refractivity contribution in [2.75, 3.05) is 5.73 Å². The summed E-state index contributed by atoms with van der Waals surface area (Å²) in [5.41, 5.74) is 10.5. The lowest BCUT2D eigenvalue weighted by molar-refractivity contribution is 0.100. The number of anilines is 1. The van der Waals surface area contributed by atoms with Crippen molar-refractivity contribution < 1.29 is 4.79 Å². The lowest BCUT2D eigenvalue weighted by Crippen LogP contribution is -2.14.